The Morgan fingerprint density at radius 2 is 1.33 bits per heavy atom. The van der Waals surface area contributed by atoms with E-state index in [-0.39, 0.29) is 71.0 Å². The first-order valence-corrected chi connectivity index (χ1v) is 3.52. The minimum atomic E-state index is -0.536. The van der Waals surface area contributed by atoms with Crippen LogP contribution < -0.4 is 0 Å². The van der Waals surface area contributed by atoms with Gasteiger partial charge in [0.05, 0.1) is 13.2 Å². The van der Waals surface area contributed by atoms with Gasteiger partial charge in [-0.3, -0.25) is 9.59 Å². The van der Waals surface area contributed by atoms with Gasteiger partial charge in [0.25, 0.3) is 0 Å². The van der Waals surface area contributed by atoms with Crippen molar-refractivity contribution in [2.45, 2.75) is 20.3 Å². The van der Waals surface area contributed by atoms with Crippen molar-refractivity contribution in [3.05, 3.63) is 0 Å². The van der Waals surface area contributed by atoms with Gasteiger partial charge in [-0.25, -0.2) is 0 Å². The van der Waals surface area contributed by atoms with E-state index >= 15 is 0 Å². The fourth-order valence-corrected chi connectivity index (χ4v) is 0.542. The molecule has 0 atom stereocenters. The van der Waals surface area contributed by atoms with E-state index in [0.29, 0.717) is 0 Å². The van der Waals surface area contributed by atoms with Gasteiger partial charge >= 0.3 is 63.3 Å². The van der Waals surface area contributed by atoms with Crippen molar-refractivity contribution in [1.82, 2.24) is 0 Å². The second-order valence-electron chi connectivity index (χ2n) is 1.79. The van der Waals surface area contributed by atoms with Crippen LogP contribution in [0.4, 0.5) is 0 Å². The first kappa shape index (κ1) is 15.1. The SMILES string of the molecule is CCOC(=O)CC(=O)OCC.[KH]. The van der Waals surface area contributed by atoms with Crippen LogP contribution in [-0.4, -0.2) is 76.5 Å². The summed E-state index contributed by atoms with van der Waals surface area (Å²) in [5.74, 6) is -1.07. The van der Waals surface area contributed by atoms with Crippen molar-refractivity contribution in [3.8, 4) is 0 Å². The van der Waals surface area contributed by atoms with Crippen molar-refractivity contribution >= 4 is 63.3 Å². The van der Waals surface area contributed by atoms with Crippen molar-refractivity contribution in [3.63, 3.8) is 0 Å². The predicted octanol–water partition coefficient (Wildman–Crippen LogP) is -0.146. The van der Waals surface area contributed by atoms with Crippen molar-refractivity contribution in [2.75, 3.05) is 13.2 Å². The molecule has 0 aliphatic heterocycles. The molecule has 0 N–H and O–H groups in total. The molecule has 0 amide bonds. The molecule has 0 heterocycles. The third-order valence-electron chi connectivity index (χ3n) is 0.899. The Morgan fingerprint density at radius 3 is 1.58 bits per heavy atom. The van der Waals surface area contributed by atoms with Gasteiger partial charge in [-0.2, -0.15) is 0 Å². The van der Waals surface area contributed by atoms with Gasteiger partial charge in [0, 0.05) is 0 Å². The van der Waals surface area contributed by atoms with Gasteiger partial charge in [0.15, 0.2) is 0 Å². The number of esters is 2. The molecule has 0 unspecified atom stereocenters. The van der Waals surface area contributed by atoms with Crippen LogP contribution in [0.25, 0.3) is 0 Å². The summed E-state index contributed by atoms with van der Waals surface area (Å²) >= 11 is 0. The van der Waals surface area contributed by atoms with Gasteiger partial charge in [0.2, 0.25) is 0 Å². The number of rotatable bonds is 4. The summed E-state index contributed by atoms with van der Waals surface area (Å²) in [5.41, 5.74) is 0. The number of carbonyl (C=O) groups excluding carboxylic acids is 2. The van der Waals surface area contributed by atoms with E-state index in [1.165, 1.54) is 0 Å². The summed E-state index contributed by atoms with van der Waals surface area (Å²) in [4.78, 5) is 21.2. The van der Waals surface area contributed by atoms with Gasteiger partial charge < -0.3 is 9.47 Å². The monoisotopic (exact) mass is 200 g/mol. The normalized spacial score (nSPS) is 8.17. The molecule has 0 aromatic rings. The summed E-state index contributed by atoms with van der Waals surface area (Å²) in [5, 5.41) is 0. The fourth-order valence-electron chi connectivity index (χ4n) is 0.542. The zero-order chi connectivity index (χ0) is 8.69. The molecular formula is C7H13KO4. The van der Waals surface area contributed by atoms with E-state index in [9.17, 15) is 9.59 Å². The fraction of sp³-hybridized carbons (Fsp3) is 0.714. The van der Waals surface area contributed by atoms with Crippen LogP contribution in [0.3, 0.4) is 0 Å². The molecule has 0 aliphatic carbocycles. The maximum atomic E-state index is 10.6. The Kier molecular flexibility index (Phi) is 12.1. The van der Waals surface area contributed by atoms with Crippen LogP contribution in [0.2, 0.25) is 0 Å². The van der Waals surface area contributed by atoms with E-state index in [1.54, 1.807) is 13.8 Å². The average Bonchev–Trinajstić information content (AvgIpc) is 1.87. The Morgan fingerprint density at radius 1 is 1.00 bits per heavy atom. The van der Waals surface area contributed by atoms with Gasteiger partial charge in [0.1, 0.15) is 6.42 Å². The summed E-state index contributed by atoms with van der Waals surface area (Å²) in [6.07, 6.45) is -0.290. The quantitative estimate of drug-likeness (QED) is 0.360. The van der Waals surface area contributed by atoms with Gasteiger partial charge in [-0.15, -0.1) is 0 Å². The van der Waals surface area contributed by atoms with E-state index in [4.69, 9.17) is 0 Å². The summed E-state index contributed by atoms with van der Waals surface area (Å²) in [6, 6.07) is 0. The first-order chi connectivity index (χ1) is 5.20. The molecule has 5 heteroatoms. The first-order valence-electron chi connectivity index (χ1n) is 3.52. The molecule has 66 valence electrons. The number of ether oxygens (including phenoxy) is 2. The molecule has 0 aliphatic rings. The topological polar surface area (TPSA) is 52.6 Å². The number of hydrogen-bond acceptors (Lipinski definition) is 4. The zero-order valence-electron chi connectivity index (χ0n) is 6.75. The Hall–Kier alpha value is 0.576. The van der Waals surface area contributed by atoms with Crippen molar-refractivity contribution in [2.24, 2.45) is 0 Å². The van der Waals surface area contributed by atoms with Crippen LogP contribution in [0.15, 0.2) is 0 Å². The van der Waals surface area contributed by atoms with Crippen LogP contribution >= 0.6 is 0 Å². The van der Waals surface area contributed by atoms with Crippen LogP contribution in [0.1, 0.15) is 20.3 Å². The summed E-state index contributed by atoms with van der Waals surface area (Å²) in [7, 11) is 0. The summed E-state index contributed by atoms with van der Waals surface area (Å²) in [6.45, 7) is 3.95. The van der Waals surface area contributed by atoms with E-state index in [2.05, 4.69) is 9.47 Å². The Balaban J connectivity index is 0. The molecule has 0 spiro atoms. The molecule has 0 bridgehead atoms. The number of hydrogen-bond donors (Lipinski definition) is 0. The zero-order valence-corrected chi connectivity index (χ0v) is 6.75. The molecule has 0 rings (SSSR count). The van der Waals surface area contributed by atoms with Gasteiger partial charge in [-0.05, 0) is 13.8 Å². The van der Waals surface area contributed by atoms with E-state index < -0.39 is 11.9 Å². The van der Waals surface area contributed by atoms with Crippen molar-refractivity contribution < 1.29 is 19.1 Å². The van der Waals surface area contributed by atoms with E-state index in [0.717, 1.165) is 0 Å². The molecule has 0 radical (unpaired) electrons. The molecule has 4 nitrogen and oxygen atoms in total. The van der Waals surface area contributed by atoms with E-state index in [1.807, 2.05) is 0 Å². The second kappa shape index (κ2) is 9.66. The number of carbonyl (C=O) groups is 2. The molecule has 0 saturated carbocycles. The van der Waals surface area contributed by atoms with Crippen LogP contribution in [-0.2, 0) is 19.1 Å². The third-order valence-corrected chi connectivity index (χ3v) is 0.899. The molecular weight excluding hydrogens is 187 g/mol. The summed E-state index contributed by atoms with van der Waals surface area (Å²) < 4.78 is 9.04. The third kappa shape index (κ3) is 8.67. The average molecular weight is 200 g/mol. The molecule has 0 fully saturated rings. The van der Waals surface area contributed by atoms with Gasteiger partial charge in [-0.1, -0.05) is 0 Å². The second-order valence-corrected chi connectivity index (χ2v) is 1.79. The van der Waals surface area contributed by atoms with Crippen LogP contribution in [0.5, 0.6) is 0 Å². The molecule has 0 aromatic heterocycles. The van der Waals surface area contributed by atoms with Crippen LogP contribution in [0, 0.1) is 0 Å². The molecule has 0 saturated heterocycles. The van der Waals surface area contributed by atoms with Crippen molar-refractivity contribution in [1.29, 1.82) is 0 Å². The molecule has 12 heavy (non-hydrogen) atoms. The minimum absolute atomic E-state index is 0. The Labute approximate surface area is 114 Å². The molecule has 0 aromatic carbocycles. The Bertz CT molecular complexity index is 130. The standard InChI is InChI=1S/C7H12O4.K.H/c1-3-10-6(8)5-7(9)11-4-2;;/h3-5H2,1-2H3;;. The predicted molar refractivity (Wildman–Crippen MR) is 45.0 cm³/mol. The maximum absolute atomic E-state index is 10.6.